The highest BCUT2D eigenvalue weighted by atomic mass is 127. The van der Waals surface area contributed by atoms with Gasteiger partial charge < -0.3 is 10.2 Å². The molecule has 2 aliphatic rings. The zero-order valence-electron chi connectivity index (χ0n) is 16.9. The van der Waals surface area contributed by atoms with Crippen molar-refractivity contribution in [3.8, 4) is 0 Å². The van der Waals surface area contributed by atoms with Crippen molar-refractivity contribution in [1.29, 1.82) is 0 Å². The molecule has 1 heterocycles. The highest BCUT2D eigenvalue weighted by Crippen LogP contribution is 2.59. The van der Waals surface area contributed by atoms with Gasteiger partial charge in [0.15, 0.2) is 0 Å². The van der Waals surface area contributed by atoms with Crippen LogP contribution in [0.5, 0.6) is 0 Å². The van der Waals surface area contributed by atoms with Gasteiger partial charge in [-0.25, -0.2) is 0 Å². The van der Waals surface area contributed by atoms with Crippen molar-refractivity contribution in [2.75, 3.05) is 0 Å². The van der Waals surface area contributed by atoms with Gasteiger partial charge in [-0.15, -0.1) is 0 Å². The van der Waals surface area contributed by atoms with Crippen LogP contribution in [0.15, 0.2) is 30.3 Å². The van der Waals surface area contributed by atoms with E-state index in [-0.39, 0.29) is 11.3 Å². The molecule has 2 aliphatic carbocycles. The number of aliphatic hydroxyl groups excluding tert-OH is 2. The molecule has 1 aromatic heterocycles. The molecule has 4 rings (SSSR count). The van der Waals surface area contributed by atoms with Crippen LogP contribution in [0, 0.1) is 14.9 Å². The van der Waals surface area contributed by atoms with Crippen LogP contribution >= 0.6 is 22.6 Å². The number of aliphatic hydroxyl groups is 2. The molecule has 1 spiro atoms. The van der Waals surface area contributed by atoms with Crippen molar-refractivity contribution < 1.29 is 23.4 Å². The molecule has 2 N–H and O–H groups in total. The van der Waals surface area contributed by atoms with Crippen LogP contribution in [0.3, 0.4) is 0 Å². The number of nitrogens with zero attached hydrogens (tertiary/aromatic N) is 1. The van der Waals surface area contributed by atoms with Crippen molar-refractivity contribution in [2.24, 2.45) is 11.3 Å². The van der Waals surface area contributed by atoms with E-state index < -0.39 is 23.9 Å². The summed E-state index contributed by atoms with van der Waals surface area (Å²) in [5.74, 6) is 0.275. The van der Waals surface area contributed by atoms with Gasteiger partial charge in [-0.05, 0) is 89.3 Å². The van der Waals surface area contributed by atoms with E-state index in [9.17, 15) is 23.4 Å². The van der Waals surface area contributed by atoms with Crippen LogP contribution in [0.2, 0.25) is 0 Å². The average molecular weight is 531 g/mol. The summed E-state index contributed by atoms with van der Waals surface area (Å²) in [4.78, 5) is 4.83. The molecule has 1 fully saturated rings. The van der Waals surface area contributed by atoms with Gasteiger partial charge in [0, 0.05) is 20.5 Å². The first kappa shape index (κ1) is 22.0. The standard InChI is InChI=1S/C23H25F3INO2/c1-12(2)17-7-16(27)20-18(28-17)10-22(11-19(20)29)8-14(9-22)21(30)13-3-5-15(6-4-13)23(24,25)26/h3-7,12,14,19,21,29-30H,8-11H2,1-2H3. The Morgan fingerprint density at radius 1 is 1.13 bits per heavy atom. The minimum atomic E-state index is -4.38. The molecule has 30 heavy (non-hydrogen) atoms. The minimum absolute atomic E-state index is 0.0251. The minimum Gasteiger partial charge on any atom is -0.388 e. The summed E-state index contributed by atoms with van der Waals surface area (Å²) < 4.78 is 39.3. The zero-order valence-corrected chi connectivity index (χ0v) is 19.0. The van der Waals surface area contributed by atoms with Gasteiger partial charge in [0.1, 0.15) is 0 Å². The lowest BCUT2D eigenvalue weighted by molar-refractivity contribution is -0.137. The smallest absolute Gasteiger partial charge is 0.388 e. The maximum absolute atomic E-state index is 12.8. The number of hydrogen-bond donors (Lipinski definition) is 2. The average Bonchev–Trinajstić information content (AvgIpc) is 2.64. The van der Waals surface area contributed by atoms with Crippen molar-refractivity contribution >= 4 is 22.6 Å². The maximum atomic E-state index is 12.8. The van der Waals surface area contributed by atoms with E-state index in [1.807, 2.05) is 6.07 Å². The van der Waals surface area contributed by atoms with Gasteiger partial charge in [0.2, 0.25) is 0 Å². The van der Waals surface area contributed by atoms with Crippen molar-refractivity contribution in [3.63, 3.8) is 0 Å². The maximum Gasteiger partial charge on any atom is 0.416 e. The number of aromatic nitrogens is 1. The Labute approximate surface area is 187 Å². The zero-order chi connectivity index (χ0) is 21.8. The Bertz CT molecular complexity index is 937. The SMILES string of the molecule is CC(C)c1cc(I)c2c(n1)CC1(CC2O)CC(C(O)c2ccc(C(F)(F)F)cc2)C1. The normalized spacial score (nSPS) is 27.1. The molecular formula is C23H25F3INO2. The van der Waals surface area contributed by atoms with Gasteiger partial charge >= 0.3 is 6.18 Å². The Hall–Kier alpha value is -1.19. The van der Waals surface area contributed by atoms with Crippen molar-refractivity contribution in [2.45, 2.75) is 63.8 Å². The fraction of sp³-hybridized carbons (Fsp3) is 0.522. The summed E-state index contributed by atoms with van der Waals surface area (Å²) in [6.45, 7) is 4.19. The second-order valence-corrected chi connectivity index (χ2v) is 10.3. The number of halogens is 4. The molecule has 1 aromatic carbocycles. The predicted octanol–water partition coefficient (Wildman–Crippen LogP) is 5.94. The molecular weight excluding hydrogens is 506 g/mol. The molecule has 162 valence electrons. The van der Waals surface area contributed by atoms with Crippen LogP contribution in [0.25, 0.3) is 0 Å². The summed E-state index contributed by atoms with van der Waals surface area (Å²) in [5.41, 5.74) is 2.59. The van der Waals surface area contributed by atoms with Gasteiger partial charge in [-0.1, -0.05) is 26.0 Å². The summed E-state index contributed by atoms with van der Waals surface area (Å²) in [6, 6.07) is 6.81. The Balaban J connectivity index is 1.49. The molecule has 0 amide bonds. The van der Waals surface area contributed by atoms with E-state index in [4.69, 9.17) is 4.98 Å². The summed E-state index contributed by atoms with van der Waals surface area (Å²) in [7, 11) is 0. The molecule has 2 atom stereocenters. The summed E-state index contributed by atoms with van der Waals surface area (Å²) in [5, 5.41) is 21.5. The van der Waals surface area contributed by atoms with Gasteiger partial charge in [0.25, 0.3) is 0 Å². The molecule has 0 aliphatic heterocycles. The predicted molar refractivity (Wildman–Crippen MR) is 116 cm³/mol. The largest absolute Gasteiger partial charge is 0.416 e. The Kier molecular flexibility index (Phi) is 5.68. The van der Waals surface area contributed by atoms with Crippen LogP contribution in [0.1, 0.15) is 79.3 Å². The van der Waals surface area contributed by atoms with E-state index in [0.717, 1.165) is 51.9 Å². The third-order valence-electron chi connectivity index (χ3n) is 6.62. The number of rotatable bonds is 3. The Morgan fingerprint density at radius 3 is 2.33 bits per heavy atom. The number of hydrogen-bond acceptors (Lipinski definition) is 3. The molecule has 2 unspecified atom stereocenters. The van der Waals surface area contributed by atoms with Crippen LogP contribution in [-0.2, 0) is 12.6 Å². The van der Waals surface area contributed by atoms with E-state index in [0.29, 0.717) is 17.9 Å². The van der Waals surface area contributed by atoms with Crippen LogP contribution in [0.4, 0.5) is 13.2 Å². The van der Waals surface area contributed by atoms with Gasteiger partial charge in [0.05, 0.1) is 17.8 Å². The molecule has 2 aromatic rings. The van der Waals surface area contributed by atoms with E-state index in [1.165, 1.54) is 12.1 Å². The number of benzene rings is 1. The lowest BCUT2D eigenvalue weighted by Crippen LogP contribution is -2.45. The first-order valence-electron chi connectivity index (χ1n) is 10.2. The lowest BCUT2D eigenvalue weighted by Gasteiger charge is -2.53. The molecule has 1 saturated carbocycles. The molecule has 0 saturated heterocycles. The molecule has 0 bridgehead atoms. The van der Waals surface area contributed by atoms with Gasteiger partial charge in [-0.3, -0.25) is 4.98 Å². The molecule has 0 radical (unpaired) electrons. The molecule has 3 nitrogen and oxygen atoms in total. The third kappa shape index (κ3) is 4.00. The molecule has 7 heteroatoms. The topological polar surface area (TPSA) is 53.4 Å². The summed E-state index contributed by atoms with van der Waals surface area (Å²) >= 11 is 2.27. The van der Waals surface area contributed by atoms with Crippen molar-refractivity contribution in [3.05, 3.63) is 62.0 Å². The fourth-order valence-electron chi connectivity index (χ4n) is 5.04. The van der Waals surface area contributed by atoms with E-state index in [1.54, 1.807) is 0 Å². The van der Waals surface area contributed by atoms with Gasteiger partial charge in [-0.2, -0.15) is 13.2 Å². The van der Waals surface area contributed by atoms with E-state index >= 15 is 0 Å². The number of fused-ring (bicyclic) bond motifs is 1. The van der Waals surface area contributed by atoms with Crippen LogP contribution in [-0.4, -0.2) is 15.2 Å². The first-order chi connectivity index (χ1) is 14.0. The third-order valence-corrected chi connectivity index (χ3v) is 7.51. The quantitative estimate of drug-likeness (QED) is 0.483. The van der Waals surface area contributed by atoms with Crippen molar-refractivity contribution in [1.82, 2.24) is 4.98 Å². The Morgan fingerprint density at radius 2 is 1.77 bits per heavy atom. The number of alkyl halides is 3. The fourth-order valence-corrected chi connectivity index (χ4v) is 6.03. The van der Waals surface area contributed by atoms with E-state index in [2.05, 4.69) is 36.4 Å². The summed E-state index contributed by atoms with van der Waals surface area (Å²) in [6.07, 6.45) is -2.88. The second-order valence-electron chi connectivity index (χ2n) is 9.17. The highest BCUT2D eigenvalue weighted by Gasteiger charge is 2.51. The second kappa shape index (κ2) is 7.74. The van der Waals surface area contributed by atoms with Crippen LogP contribution < -0.4 is 0 Å². The highest BCUT2D eigenvalue weighted by molar-refractivity contribution is 14.1. The lowest BCUT2D eigenvalue weighted by atomic mass is 9.53. The first-order valence-corrected chi connectivity index (χ1v) is 11.3. The monoisotopic (exact) mass is 531 g/mol. The number of pyridine rings is 1.